The number of carboxylic acids is 1. The SMILES string of the molecule is O=C(O)CN1C=CN(CC(O)(P(=O)(O)O)P(=O)(O)O)C1. The average molecular weight is 332 g/mol. The Balaban J connectivity index is 2.86. The summed E-state index contributed by atoms with van der Waals surface area (Å²) >= 11 is 0. The summed E-state index contributed by atoms with van der Waals surface area (Å²) < 4.78 is 22.3. The molecule has 0 spiro atoms. The largest absolute Gasteiger partial charge is 0.480 e. The van der Waals surface area contributed by atoms with Gasteiger partial charge in [0, 0.05) is 12.4 Å². The Labute approximate surface area is 113 Å². The van der Waals surface area contributed by atoms with Crippen molar-refractivity contribution in [1.29, 1.82) is 0 Å². The Hall–Kier alpha value is -0.930. The second-order valence-corrected chi connectivity index (χ2v) is 8.20. The summed E-state index contributed by atoms with van der Waals surface area (Å²) in [7, 11) is -11.1. The molecule has 0 bridgehead atoms. The summed E-state index contributed by atoms with van der Waals surface area (Å²) in [6, 6.07) is 0. The summed E-state index contributed by atoms with van der Waals surface area (Å²) in [6.07, 6.45) is 2.42. The van der Waals surface area contributed by atoms with Crippen molar-refractivity contribution in [3.05, 3.63) is 12.4 Å². The normalized spacial score (nSPS) is 16.9. The fourth-order valence-corrected chi connectivity index (χ4v) is 3.61. The van der Waals surface area contributed by atoms with Crippen LogP contribution in [0.3, 0.4) is 0 Å². The molecule has 1 rings (SSSR count). The van der Waals surface area contributed by atoms with Crippen molar-refractivity contribution in [1.82, 2.24) is 9.80 Å². The first-order chi connectivity index (χ1) is 8.87. The lowest BCUT2D eigenvalue weighted by Gasteiger charge is -2.33. The molecule has 116 valence electrons. The van der Waals surface area contributed by atoms with Gasteiger partial charge >= 0.3 is 21.2 Å². The molecule has 0 radical (unpaired) electrons. The quantitative estimate of drug-likeness (QED) is 0.300. The maximum absolute atomic E-state index is 11.1. The Kier molecular flexibility index (Phi) is 4.67. The number of rotatable bonds is 6. The molecule has 0 fully saturated rings. The average Bonchev–Trinajstić information content (AvgIpc) is 2.60. The van der Waals surface area contributed by atoms with Gasteiger partial charge in [-0.05, 0) is 0 Å². The first-order valence-corrected chi connectivity index (χ1v) is 8.31. The predicted octanol–water partition coefficient (Wildman–Crippen LogP) is -1.88. The van der Waals surface area contributed by atoms with Gasteiger partial charge in [-0.25, -0.2) is 0 Å². The van der Waals surface area contributed by atoms with Gasteiger partial charge in [0.2, 0.25) is 0 Å². The molecule has 6 N–H and O–H groups in total. The lowest BCUT2D eigenvalue weighted by molar-refractivity contribution is -0.137. The highest BCUT2D eigenvalue weighted by Crippen LogP contribution is 2.67. The molecular formula is C7H14N2O9P2. The molecule has 13 heteroatoms. The third kappa shape index (κ3) is 3.58. The van der Waals surface area contributed by atoms with Gasteiger partial charge in [0.15, 0.2) is 0 Å². The van der Waals surface area contributed by atoms with Crippen molar-refractivity contribution in [2.75, 3.05) is 19.8 Å². The second-order valence-electron chi connectivity index (χ2n) is 4.19. The van der Waals surface area contributed by atoms with Gasteiger partial charge in [0.1, 0.15) is 6.54 Å². The molecule has 0 aromatic carbocycles. The second kappa shape index (κ2) is 5.45. The van der Waals surface area contributed by atoms with E-state index in [9.17, 15) is 19.0 Å². The minimum Gasteiger partial charge on any atom is -0.480 e. The smallest absolute Gasteiger partial charge is 0.371 e. The maximum atomic E-state index is 11.1. The van der Waals surface area contributed by atoms with Gasteiger partial charge in [-0.1, -0.05) is 0 Å². The number of nitrogens with zero attached hydrogens (tertiary/aromatic N) is 2. The van der Waals surface area contributed by atoms with Gasteiger partial charge in [-0.2, -0.15) is 0 Å². The van der Waals surface area contributed by atoms with Crippen LogP contribution in [-0.4, -0.2) is 70.4 Å². The highest BCUT2D eigenvalue weighted by atomic mass is 31.2. The molecule has 20 heavy (non-hydrogen) atoms. The fraction of sp³-hybridized carbons (Fsp3) is 0.571. The molecular weight excluding hydrogens is 318 g/mol. The van der Waals surface area contributed by atoms with Crippen LogP contribution in [0.15, 0.2) is 12.4 Å². The van der Waals surface area contributed by atoms with Gasteiger partial charge in [-0.15, -0.1) is 0 Å². The third-order valence-corrected chi connectivity index (χ3v) is 6.25. The number of β-amino-alcohol motifs (C(OH)–C–C–N with tert-alkyl or cyclic N) is 1. The summed E-state index contributed by atoms with van der Waals surface area (Å²) in [5, 5.41) is 14.7. The summed E-state index contributed by atoms with van der Waals surface area (Å²) in [6.45, 7) is -1.64. The van der Waals surface area contributed by atoms with E-state index in [1.54, 1.807) is 0 Å². The number of aliphatic carboxylic acids is 1. The van der Waals surface area contributed by atoms with Crippen LogP contribution in [0.2, 0.25) is 0 Å². The molecule has 0 aromatic heterocycles. The van der Waals surface area contributed by atoms with Crippen LogP contribution in [0, 0.1) is 0 Å². The minimum atomic E-state index is -5.53. The highest BCUT2D eigenvalue weighted by molar-refractivity contribution is 7.72. The first-order valence-electron chi connectivity index (χ1n) is 5.09. The number of hydrogen-bond acceptors (Lipinski definition) is 6. The zero-order valence-electron chi connectivity index (χ0n) is 9.97. The Bertz CT molecular complexity index is 486. The number of carboxylic acid groups (broad SMARTS) is 1. The molecule has 0 atom stereocenters. The van der Waals surface area contributed by atoms with E-state index in [1.807, 2.05) is 0 Å². The molecule has 0 unspecified atom stereocenters. The van der Waals surface area contributed by atoms with Gasteiger partial charge in [-0.3, -0.25) is 13.9 Å². The molecule has 1 heterocycles. The Morgan fingerprint density at radius 1 is 1.10 bits per heavy atom. The molecule has 0 aromatic rings. The van der Waals surface area contributed by atoms with E-state index in [2.05, 4.69) is 0 Å². The van der Waals surface area contributed by atoms with Crippen molar-refractivity contribution < 1.29 is 43.7 Å². The number of carbonyl (C=O) groups is 1. The third-order valence-electron chi connectivity index (χ3n) is 2.54. The van der Waals surface area contributed by atoms with Crippen LogP contribution in [0.1, 0.15) is 0 Å². The Morgan fingerprint density at radius 2 is 1.55 bits per heavy atom. The highest BCUT2D eigenvalue weighted by Gasteiger charge is 2.60. The van der Waals surface area contributed by atoms with Crippen molar-refractivity contribution >= 4 is 21.2 Å². The van der Waals surface area contributed by atoms with Gasteiger partial charge in [0.05, 0.1) is 13.2 Å². The lowest BCUT2D eigenvalue weighted by atomic mass is 10.6. The van der Waals surface area contributed by atoms with Crippen molar-refractivity contribution in [3.63, 3.8) is 0 Å². The van der Waals surface area contributed by atoms with Crippen LogP contribution >= 0.6 is 15.2 Å². The van der Waals surface area contributed by atoms with E-state index in [1.165, 1.54) is 17.3 Å². The van der Waals surface area contributed by atoms with Crippen LogP contribution in [0.5, 0.6) is 0 Å². The molecule has 1 aliphatic rings. The topological polar surface area (TPSA) is 179 Å². The summed E-state index contributed by atoms with van der Waals surface area (Å²) in [5.74, 6) is -1.16. The molecule has 0 saturated heterocycles. The first kappa shape index (κ1) is 17.1. The number of hydrogen-bond donors (Lipinski definition) is 6. The van der Waals surface area contributed by atoms with E-state index in [4.69, 9.17) is 24.7 Å². The maximum Gasteiger partial charge on any atom is 0.371 e. The van der Waals surface area contributed by atoms with E-state index < -0.39 is 39.3 Å². The zero-order valence-corrected chi connectivity index (χ0v) is 11.8. The Morgan fingerprint density at radius 3 is 1.95 bits per heavy atom. The monoisotopic (exact) mass is 332 g/mol. The van der Waals surface area contributed by atoms with Crippen LogP contribution in [0.25, 0.3) is 0 Å². The van der Waals surface area contributed by atoms with Crippen LogP contribution in [0.4, 0.5) is 0 Å². The fourth-order valence-electron chi connectivity index (χ4n) is 1.52. The number of aliphatic hydroxyl groups is 1. The standard InChI is InChI=1S/C7H14N2O9P2/c10-6(11)3-8-1-2-9(5-8)4-7(12,19(13,14)15)20(16,17)18/h1-2,12H,3-5H2,(H,10,11)(H2,13,14,15)(H2,16,17,18). The minimum absolute atomic E-state index is 0.186. The van der Waals surface area contributed by atoms with E-state index in [0.29, 0.717) is 0 Å². The van der Waals surface area contributed by atoms with E-state index in [-0.39, 0.29) is 6.67 Å². The molecule has 0 aliphatic carbocycles. The van der Waals surface area contributed by atoms with Crippen LogP contribution in [-0.2, 0) is 13.9 Å². The van der Waals surface area contributed by atoms with Gasteiger partial charge < -0.3 is 39.6 Å². The predicted molar refractivity (Wildman–Crippen MR) is 64.1 cm³/mol. The van der Waals surface area contributed by atoms with E-state index in [0.717, 1.165) is 4.90 Å². The molecule has 11 nitrogen and oxygen atoms in total. The van der Waals surface area contributed by atoms with Crippen molar-refractivity contribution in [2.24, 2.45) is 0 Å². The van der Waals surface area contributed by atoms with Crippen molar-refractivity contribution in [2.45, 2.75) is 5.08 Å². The van der Waals surface area contributed by atoms with Crippen LogP contribution < -0.4 is 0 Å². The molecule has 0 saturated carbocycles. The molecule has 0 amide bonds. The zero-order chi connectivity index (χ0) is 15.8. The summed E-state index contributed by atoms with van der Waals surface area (Å²) in [5.41, 5.74) is 0. The lowest BCUT2D eigenvalue weighted by Crippen LogP contribution is -2.42. The van der Waals surface area contributed by atoms with Crippen molar-refractivity contribution in [3.8, 4) is 0 Å². The molecule has 1 aliphatic heterocycles. The summed E-state index contributed by atoms with van der Waals surface area (Å²) in [4.78, 5) is 48.5. The van der Waals surface area contributed by atoms with E-state index >= 15 is 0 Å². The van der Waals surface area contributed by atoms with Gasteiger partial charge in [0.25, 0.3) is 5.08 Å².